The minimum absolute atomic E-state index is 0.132. The summed E-state index contributed by atoms with van der Waals surface area (Å²) in [6.07, 6.45) is 0.494. The Morgan fingerprint density at radius 3 is 2.57 bits per heavy atom. The van der Waals surface area contributed by atoms with E-state index in [-0.39, 0.29) is 12.0 Å². The molecule has 1 aliphatic carbocycles. The lowest BCUT2D eigenvalue weighted by atomic mass is 10.3. The molecule has 1 aromatic rings. The Kier molecular flexibility index (Phi) is 2.62. The third kappa shape index (κ3) is 2.17. The third-order valence-corrected chi connectivity index (χ3v) is 2.87. The van der Waals surface area contributed by atoms with Crippen LogP contribution in [-0.4, -0.2) is 17.2 Å². The Hall–Kier alpha value is -0.780. The molecule has 0 unspecified atom stereocenters. The Balaban J connectivity index is 1.94. The molecular weight excluding hydrogens is 295 g/mol. The Bertz CT molecular complexity index is 347. The molecule has 1 fully saturated rings. The van der Waals surface area contributed by atoms with Crippen molar-refractivity contribution in [2.75, 3.05) is 0 Å². The maximum absolute atomic E-state index is 10.5. The number of carbonyl (C=O) groups is 1. The van der Waals surface area contributed by atoms with Crippen molar-refractivity contribution in [2.24, 2.45) is 5.92 Å². The van der Waals surface area contributed by atoms with E-state index >= 15 is 0 Å². The van der Waals surface area contributed by atoms with E-state index in [2.05, 4.69) is 22.6 Å². The fourth-order valence-electron chi connectivity index (χ4n) is 1.25. The van der Waals surface area contributed by atoms with Gasteiger partial charge in [0.1, 0.15) is 11.9 Å². The van der Waals surface area contributed by atoms with Gasteiger partial charge in [0.2, 0.25) is 0 Å². The molecule has 0 radical (unpaired) electrons. The highest BCUT2D eigenvalue weighted by Crippen LogP contribution is 2.34. The number of carboxylic acids is 1. The average Bonchev–Trinajstić information content (AvgIpc) is 2.88. The summed E-state index contributed by atoms with van der Waals surface area (Å²) in [5.41, 5.74) is 0. The number of halogens is 1. The lowest BCUT2D eigenvalue weighted by molar-refractivity contribution is -0.139. The van der Waals surface area contributed by atoms with Crippen LogP contribution in [0.2, 0.25) is 0 Å². The molecule has 0 saturated heterocycles. The van der Waals surface area contributed by atoms with Gasteiger partial charge in [0.25, 0.3) is 0 Å². The molecule has 14 heavy (non-hydrogen) atoms. The minimum Gasteiger partial charge on any atom is -0.490 e. The van der Waals surface area contributed by atoms with Gasteiger partial charge < -0.3 is 9.84 Å². The second-order valence-corrected chi connectivity index (χ2v) is 4.54. The maximum Gasteiger partial charge on any atom is 0.310 e. The summed E-state index contributed by atoms with van der Waals surface area (Å²) in [6.45, 7) is 0. The highest BCUT2D eigenvalue weighted by atomic mass is 127. The number of ether oxygens (including phenoxy) is 1. The summed E-state index contributed by atoms with van der Waals surface area (Å²) >= 11 is 2.21. The lowest BCUT2D eigenvalue weighted by Gasteiger charge is -2.03. The van der Waals surface area contributed by atoms with Crippen LogP contribution in [0.5, 0.6) is 5.75 Å². The van der Waals surface area contributed by atoms with Gasteiger partial charge in [0.05, 0.1) is 5.92 Å². The number of hydrogen-bond acceptors (Lipinski definition) is 2. The molecule has 0 heterocycles. The van der Waals surface area contributed by atoms with Crippen molar-refractivity contribution in [3.05, 3.63) is 27.8 Å². The quantitative estimate of drug-likeness (QED) is 0.870. The highest BCUT2D eigenvalue weighted by Gasteiger charge is 2.45. The first-order chi connectivity index (χ1) is 6.66. The van der Waals surface area contributed by atoms with Gasteiger partial charge >= 0.3 is 5.97 Å². The van der Waals surface area contributed by atoms with Crippen molar-refractivity contribution < 1.29 is 14.6 Å². The molecule has 1 N–H and O–H groups in total. The molecular formula is C10H9IO3. The van der Waals surface area contributed by atoms with Crippen molar-refractivity contribution in [3.63, 3.8) is 0 Å². The average molecular weight is 304 g/mol. The topological polar surface area (TPSA) is 46.5 Å². The molecule has 0 spiro atoms. The van der Waals surface area contributed by atoms with Crippen LogP contribution in [0.25, 0.3) is 0 Å². The fourth-order valence-corrected chi connectivity index (χ4v) is 1.61. The molecule has 2 rings (SSSR count). The zero-order valence-electron chi connectivity index (χ0n) is 7.31. The summed E-state index contributed by atoms with van der Waals surface area (Å²) in [6, 6.07) is 7.60. The van der Waals surface area contributed by atoms with Gasteiger partial charge in [-0.15, -0.1) is 0 Å². The number of aliphatic carboxylic acids is 1. The van der Waals surface area contributed by atoms with Crippen molar-refractivity contribution in [3.8, 4) is 5.75 Å². The van der Waals surface area contributed by atoms with Crippen LogP contribution in [0, 0.1) is 9.49 Å². The van der Waals surface area contributed by atoms with Crippen LogP contribution in [0.4, 0.5) is 0 Å². The van der Waals surface area contributed by atoms with E-state index in [4.69, 9.17) is 9.84 Å². The highest BCUT2D eigenvalue weighted by molar-refractivity contribution is 14.1. The molecule has 0 aromatic heterocycles. The van der Waals surface area contributed by atoms with Gasteiger partial charge in [-0.25, -0.2) is 0 Å². The van der Waals surface area contributed by atoms with E-state index in [0.717, 1.165) is 9.32 Å². The number of benzene rings is 1. The molecule has 0 amide bonds. The molecule has 1 saturated carbocycles. The normalized spacial score (nSPS) is 24.4. The van der Waals surface area contributed by atoms with E-state index in [9.17, 15) is 4.79 Å². The van der Waals surface area contributed by atoms with E-state index in [1.165, 1.54) is 0 Å². The number of rotatable bonds is 3. The fraction of sp³-hybridized carbons (Fsp3) is 0.300. The molecule has 1 aromatic carbocycles. The smallest absolute Gasteiger partial charge is 0.310 e. The Labute approximate surface area is 95.2 Å². The summed E-state index contributed by atoms with van der Waals surface area (Å²) in [5.74, 6) is -0.325. The van der Waals surface area contributed by atoms with Gasteiger partial charge in [0.15, 0.2) is 0 Å². The van der Waals surface area contributed by atoms with E-state index in [1.807, 2.05) is 24.3 Å². The van der Waals surface area contributed by atoms with Gasteiger partial charge in [0, 0.05) is 9.99 Å². The largest absolute Gasteiger partial charge is 0.490 e. The predicted octanol–water partition coefficient (Wildman–Crippen LogP) is 2.14. The molecule has 3 nitrogen and oxygen atoms in total. The lowest BCUT2D eigenvalue weighted by Crippen LogP contribution is -2.07. The summed E-state index contributed by atoms with van der Waals surface area (Å²) in [7, 11) is 0. The summed E-state index contributed by atoms with van der Waals surface area (Å²) < 4.78 is 6.61. The van der Waals surface area contributed by atoms with Crippen LogP contribution in [0.3, 0.4) is 0 Å². The Morgan fingerprint density at radius 1 is 1.43 bits per heavy atom. The summed E-state index contributed by atoms with van der Waals surface area (Å²) in [4.78, 5) is 10.5. The van der Waals surface area contributed by atoms with Crippen LogP contribution in [0.1, 0.15) is 6.42 Å². The van der Waals surface area contributed by atoms with Crippen LogP contribution in [0.15, 0.2) is 24.3 Å². The maximum atomic E-state index is 10.5. The monoisotopic (exact) mass is 304 g/mol. The first kappa shape index (κ1) is 9.76. The van der Waals surface area contributed by atoms with Crippen molar-refractivity contribution >= 4 is 28.6 Å². The molecule has 74 valence electrons. The second-order valence-electron chi connectivity index (χ2n) is 3.29. The SMILES string of the molecule is O=C(O)[C@H]1C[C@@H]1Oc1ccc(I)cc1. The second kappa shape index (κ2) is 3.76. The number of carboxylic acid groups (broad SMARTS) is 1. The summed E-state index contributed by atoms with van der Waals surface area (Å²) in [5, 5.41) is 8.66. The van der Waals surface area contributed by atoms with Crippen molar-refractivity contribution in [1.82, 2.24) is 0 Å². The van der Waals surface area contributed by atoms with Gasteiger partial charge in [-0.2, -0.15) is 0 Å². The van der Waals surface area contributed by atoms with E-state index in [1.54, 1.807) is 0 Å². The van der Waals surface area contributed by atoms with Crippen LogP contribution in [-0.2, 0) is 4.79 Å². The molecule has 0 bridgehead atoms. The van der Waals surface area contributed by atoms with Gasteiger partial charge in [-0.1, -0.05) is 0 Å². The first-order valence-corrected chi connectivity index (χ1v) is 5.40. The minimum atomic E-state index is -0.763. The Morgan fingerprint density at radius 2 is 2.07 bits per heavy atom. The molecule has 1 aliphatic rings. The molecule has 2 atom stereocenters. The third-order valence-electron chi connectivity index (χ3n) is 2.15. The van der Waals surface area contributed by atoms with E-state index < -0.39 is 5.97 Å². The molecule has 0 aliphatic heterocycles. The molecule has 4 heteroatoms. The number of hydrogen-bond donors (Lipinski definition) is 1. The van der Waals surface area contributed by atoms with Crippen molar-refractivity contribution in [2.45, 2.75) is 12.5 Å². The predicted molar refractivity (Wildman–Crippen MR) is 59.3 cm³/mol. The zero-order chi connectivity index (χ0) is 10.1. The van der Waals surface area contributed by atoms with Gasteiger partial charge in [-0.05, 0) is 46.9 Å². The van der Waals surface area contributed by atoms with Gasteiger partial charge in [-0.3, -0.25) is 4.79 Å². The zero-order valence-corrected chi connectivity index (χ0v) is 9.47. The van der Waals surface area contributed by atoms with E-state index in [0.29, 0.717) is 6.42 Å². The van der Waals surface area contributed by atoms with Crippen LogP contribution < -0.4 is 4.74 Å². The van der Waals surface area contributed by atoms with Crippen LogP contribution >= 0.6 is 22.6 Å². The first-order valence-electron chi connectivity index (χ1n) is 4.32. The standard InChI is InChI=1S/C10H9IO3/c11-6-1-3-7(4-2-6)14-9-5-8(9)10(12)13/h1-4,8-9H,5H2,(H,12,13)/t8-,9-/m0/s1. The van der Waals surface area contributed by atoms with Crippen molar-refractivity contribution in [1.29, 1.82) is 0 Å².